The minimum atomic E-state index is -3.33. The molecule has 5 heteroatoms. The average molecular weight is 962 g/mol. The fourth-order valence-electron chi connectivity index (χ4n) is 10.2. The van der Waals surface area contributed by atoms with E-state index in [1.807, 2.05) is 12.1 Å². The van der Waals surface area contributed by atoms with E-state index in [2.05, 4.69) is 172 Å². The largest absolute Gasteiger partial charge is 1.00 e. The van der Waals surface area contributed by atoms with Gasteiger partial charge < -0.3 is 24.8 Å². The van der Waals surface area contributed by atoms with Gasteiger partial charge in [-0.25, -0.2) is 0 Å². The van der Waals surface area contributed by atoms with E-state index in [0.717, 1.165) is 29.3 Å². The SMILES string of the molecule is CCCC1C=C(C(C)(C)C)C=[C]1[Zr+2](=[C](c1cccc(Cl)c1)c1cccc(Cl)c1)[c]1c(-c2c(C)cc(C)cc2C)ccc2c1Cc1cc(-c3c(C)cc(C)cc3C)ccc1-2.[Cl-].[Cl-]. The molecule has 2 aliphatic carbocycles. The number of halogens is 4. The van der Waals surface area contributed by atoms with Crippen molar-refractivity contribution in [2.75, 3.05) is 0 Å². The maximum Gasteiger partial charge on any atom is -1.00 e. The fraction of sp³-hybridized carbons (Fsp3) is 0.268. The van der Waals surface area contributed by atoms with Crippen LogP contribution >= 0.6 is 23.2 Å². The van der Waals surface area contributed by atoms with Crippen LogP contribution in [0.1, 0.15) is 96.2 Å². The molecule has 0 N–H and O–H groups in total. The molecule has 0 aromatic heterocycles. The zero-order chi connectivity index (χ0) is 41.9. The van der Waals surface area contributed by atoms with Gasteiger partial charge in [0.1, 0.15) is 0 Å². The van der Waals surface area contributed by atoms with E-state index in [9.17, 15) is 0 Å². The molecule has 6 aromatic carbocycles. The first-order valence-corrected chi connectivity index (χ1v) is 25.7. The van der Waals surface area contributed by atoms with Gasteiger partial charge in [-0.05, 0) is 0 Å². The van der Waals surface area contributed by atoms with E-state index < -0.39 is 21.3 Å². The summed E-state index contributed by atoms with van der Waals surface area (Å²) in [7, 11) is 0. The predicted octanol–water partition coefficient (Wildman–Crippen LogP) is 9.56. The van der Waals surface area contributed by atoms with Gasteiger partial charge in [-0.1, -0.05) is 0 Å². The molecule has 0 saturated heterocycles. The van der Waals surface area contributed by atoms with E-state index >= 15 is 0 Å². The van der Waals surface area contributed by atoms with Gasteiger partial charge in [0.15, 0.2) is 0 Å². The Balaban J connectivity index is 0.00000311. The number of fused-ring (bicyclic) bond motifs is 3. The van der Waals surface area contributed by atoms with Crippen LogP contribution < -0.4 is 28.1 Å². The van der Waals surface area contributed by atoms with Crippen LogP contribution in [0.15, 0.2) is 124 Å². The topological polar surface area (TPSA) is 0 Å². The molecular formula is C56H56Cl4Zr. The number of aryl methyl sites for hydroxylation is 6. The molecule has 0 bridgehead atoms. The summed E-state index contributed by atoms with van der Waals surface area (Å²) in [5, 5.41) is 1.52. The van der Waals surface area contributed by atoms with Crippen LogP contribution in [-0.2, 0) is 27.7 Å². The summed E-state index contributed by atoms with van der Waals surface area (Å²) in [6.45, 7) is 23.0. The Bertz CT molecular complexity index is 2680. The van der Waals surface area contributed by atoms with Crippen molar-refractivity contribution in [3.05, 3.63) is 190 Å². The molecule has 6 aromatic rings. The van der Waals surface area contributed by atoms with Crippen molar-refractivity contribution < 1.29 is 46.1 Å². The van der Waals surface area contributed by atoms with Crippen LogP contribution in [0.4, 0.5) is 0 Å². The Morgan fingerprint density at radius 3 is 1.69 bits per heavy atom. The molecule has 0 fully saturated rings. The zero-order valence-electron chi connectivity index (χ0n) is 37.2. The fourth-order valence-corrected chi connectivity index (χ4v) is 19.5. The second-order valence-corrected chi connectivity index (χ2v) is 24.8. The zero-order valence-corrected chi connectivity index (χ0v) is 42.7. The summed E-state index contributed by atoms with van der Waals surface area (Å²) in [6, 6.07) is 38.9. The molecule has 0 spiro atoms. The molecule has 1 unspecified atom stereocenters. The second-order valence-electron chi connectivity index (χ2n) is 18.2. The van der Waals surface area contributed by atoms with Crippen molar-refractivity contribution in [3.63, 3.8) is 0 Å². The maximum absolute atomic E-state index is 6.97. The average Bonchev–Trinajstić information content (AvgIpc) is 3.75. The van der Waals surface area contributed by atoms with Gasteiger partial charge in [0.05, 0.1) is 0 Å². The predicted molar refractivity (Wildman–Crippen MR) is 254 cm³/mol. The van der Waals surface area contributed by atoms with Crippen LogP contribution in [0.25, 0.3) is 33.4 Å². The van der Waals surface area contributed by atoms with Crippen molar-refractivity contribution in [2.24, 2.45) is 11.3 Å². The summed E-state index contributed by atoms with van der Waals surface area (Å²) in [5.74, 6) is 0.365. The minimum Gasteiger partial charge on any atom is -1.00 e. The number of allylic oxidation sites excluding steroid dienone is 4. The van der Waals surface area contributed by atoms with Crippen molar-refractivity contribution >= 4 is 29.7 Å². The maximum atomic E-state index is 6.97. The molecule has 0 saturated carbocycles. The Morgan fingerprint density at radius 2 is 1.16 bits per heavy atom. The normalized spacial score (nSPS) is 13.9. The third kappa shape index (κ3) is 9.22. The van der Waals surface area contributed by atoms with Crippen LogP contribution in [0, 0.1) is 52.9 Å². The smallest absolute Gasteiger partial charge is 1.00 e. The minimum absolute atomic E-state index is 0. The molecule has 2 aliphatic rings. The molecule has 0 radical (unpaired) electrons. The van der Waals surface area contributed by atoms with Crippen molar-refractivity contribution in [1.82, 2.24) is 0 Å². The number of rotatable bonds is 8. The summed E-state index contributed by atoms with van der Waals surface area (Å²) in [6.07, 6.45) is 8.44. The number of hydrogen-bond donors (Lipinski definition) is 0. The van der Waals surface area contributed by atoms with Gasteiger partial charge in [0.2, 0.25) is 0 Å². The Hall–Kier alpha value is -3.29. The van der Waals surface area contributed by atoms with Crippen LogP contribution in [0.5, 0.6) is 0 Å². The Morgan fingerprint density at radius 1 is 0.639 bits per heavy atom. The van der Waals surface area contributed by atoms with Gasteiger partial charge in [-0.2, -0.15) is 0 Å². The molecule has 0 nitrogen and oxygen atoms in total. The summed E-state index contributed by atoms with van der Waals surface area (Å²) < 4.78 is 4.67. The van der Waals surface area contributed by atoms with Crippen LogP contribution in [0.3, 0.4) is 0 Å². The second kappa shape index (κ2) is 18.8. The molecule has 0 amide bonds. The van der Waals surface area contributed by atoms with Crippen molar-refractivity contribution in [3.8, 4) is 33.4 Å². The van der Waals surface area contributed by atoms with Crippen LogP contribution in [0.2, 0.25) is 10.0 Å². The molecule has 1 atom stereocenters. The quantitative estimate of drug-likeness (QED) is 0.143. The Labute approximate surface area is 395 Å². The van der Waals surface area contributed by atoms with E-state index in [1.54, 1.807) is 6.55 Å². The first kappa shape index (κ1) is 47.2. The van der Waals surface area contributed by atoms with Gasteiger partial charge in [-0.3, -0.25) is 0 Å². The van der Waals surface area contributed by atoms with E-state index in [4.69, 9.17) is 23.2 Å². The molecular weight excluding hydrogens is 906 g/mol. The van der Waals surface area contributed by atoms with Gasteiger partial charge in [-0.15, -0.1) is 0 Å². The van der Waals surface area contributed by atoms with Gasteiger partial charge in [0.25, 0.3) is 0 Å². The molecule has 0 heterocycles. The van der Waals surface area contributed by atoms with Crippen LogP contribution in [-0.4, -0.2) is 3.21 Å². The summed E-state index contributed by atoms with van der Waals surface area (Å²) in [5.41, 5.74) is 23.0. The van der Waals surface area contributed by atoms with Crippen molar-refractivity contribution in [1.29, 1.82) is 0 Å². The van der Waals surface area contributed by atoms with Gasteiger partial charge >= 0.3 is 374 Å². The van der Waals surface area contributed by atoms with Gasteiger partial charge in [0, 0.05) is 0 Å². The molecule has 312 valence electrons. The monoisotopic (exact) mass is 958 g/mol. The first-order valence-electron chi connectivity index (χ1n) is 21.3. The third-order valence-electron chi connectivity index (χ3n) is 12.6. The molecule has 0 aliphatic heterocycles. The van der Waals surface area contributed by atoms with E-state index in [0.29, 0.717) is 5.92 Å². The summed E-state index contributed by atoms with van der Waals surface area (Å²) >= 11 is 10.6. The number of benzene rings is 6. The molecule has 8 rings (SSSR count). The van der Waals surface area contributed by atoms with E-state index in [1.165, 1.54) is 97.8 Å². The number of hydrogen-bond acceptors (Lipinski definition) is 0. The third-order valence-corrected chi connectivity index (χ3v) is 21.0. The van der Waals surface area contributed by atoms with E-state index in [-0.39, 0.29) is 30.2 Å². The summed E-state index contributed by atoms with van der Waals surface area (Å²) in [4.78, 5) is 0. The first-order chi connectivity index (χ1) is 28.1. The van der Waals surface area contributed by atoms with Crippen molar-refractivity contribution in [2.45, 2.75) is 88.5 Å². The standard InChI is InChI=1S/C31H29.C13H8Cl2.C12H19.2ClH.Zr/c1-18-11-20(3)30(21(4)12-18)24-7-9-28-26(15-24)17-27-16-25(8-10-29(27)28)31-22(5)13-19(2)14-23(31)6;14-12-5-1-3-10(8-12)7-11-4-2-6-13(15)9-11;1-5-6-10-7-8-11(9-10)12(2,3)4;;;/h7-15H,17H2,1-6H3;1-6,8-9H;8-10H,5-6H2,1-4H3;2*1H;/q;;;;;+2/p-2. The Kier molecular flexibility index (Phi) is 14.6. The molecule has 61 heavy (non-hydrogen) atoms.